The van der Waals surface area contributed by atoms with Crippen LogP contribution in [0.3, 0.4) is 0 Å². The fourth-order valence-electron chi connectivity index (χ4n) is 4.80. The molecule has 6 rings (SSSR count). The van der Waals surface area contributed by atoms with Crippen molar-refractivity contribution < 1.29 is 13.2 Å². The fraction of sp³-hybridized carbons (Fsp3) is 0.310. The highest BCUT2D eigenvalue weighted by atomic mass is 32.2. The summed E-state index contributed by atoms with van der Waals surface area (Å²) in [6, 6.07) is 11.2. The number of hydrogen-bond acceptors (Lipinski definition) is 7. The quantitative estimate of drug-likeness (QED) is 0.364. The number of carbonyl (C=O) groups excluding carboxylic acids is 1. The van der Waals surface area contributed by atoms with Crippen molar-refractivity contribution in [1.29, 1.82) is 0 Å². The molecule has 2 fully saturated rings. The van der Waals surface area contributed by atoms with Crippen molar-refractivity contribution in [2.45, 2.75) is 31.6 Å². The first-order valence-corrected chi connectivity index (χ1v) is 14.8. The molecule has 1 aliphatic heterocycles. The van der Waals surface area contributed by atoms with Gasteiger partial charge in [0.2, 0.25) is 10.0 Å². The Morgan fingerprint density at radius 1 is 1.05 bits per heavy atom. The van der Waals surface area contributed by atoms with Gasteiger partial charge in [0.15, 0.2) is 5.65 Å². The first-order chi connectivity index (χ1) is 19.4. The average molecular weight is 556 g/mol. The molecular formula is C29H29N7O3S. The first-order valence-electron chi connectivity index (χ1n) is 13.2. The summed E-state index contributed by atoms with van der Waals surface area (Å²) in [5.41, 5.74) is 5.27. The van der Waals surface area contributed by atoms with Crippen LogP contribution in [-0.2, 0) is 16.6 Å². The van der Waals surface area contributed by atoms with Crippen molar-refractivity contribution in [2.75, 3.05) is 31.5 Å². The standard InChI is InChI=1S/C29H29N7O3S/c1-21-15-25(6-5-23(21)20-34-11-13-35(14-12-34)40(38,39)27-8-9-27)33-29(37)24-16-22(17-30-18-24)4-7-26-19-31-28-3-2-10-32-36(26)28/h2-3,5-6,10,15-19,27H,8-9,11-14,20H2,1H3,(H,33,37). The molecule has 1 aromatic carbocycles. The second kappa shape index (κ2) is 10.8. The second-order valence-corrected chi connectivity index (χ2v) is 12.4. The van der Waals surface area contributed by atoms with E-state index in [2.05, 4.69) is 37.1 Å². The number of nitrogens with one attached hydrogen (secondary N) is 1. The summed E-state index contributed by atoms with van der Waals surface area (Å²) < 4.78 is 28.3. The van der Waals surface area contributed by atoms with Gasteiger partial charge in [-0.1, -0.05) is 12.0 Å². The van der Waals surface area contributed by atoms with Gasteiger partial charge in [-0.05, 0) is 67.1 Å². The third-order valence-corrected chi connectivity index (χ3v) is 9.64. The van der Waals surface area contributed by atoms with Gasteiger partial charge in [-0.3, -0.25) is 14.7 Å². The maximum Gasteiger partial charge on any atom is 0.257 e. The van der Waals surface area contributed by atoms with Gasteiger partial charge in [-0.2, -0.15) is 9.40 Å². The molecular weight excluding hydrogens is 526 g/mol. The molecule has 2 aliphatic rings. The lowest BCUT2D eigenvalue weighted by Crippen LogP contribution is -2.49. The molecule has 0 radical (unpaired) electrons. The molecule has 4 heterocycles. The zero-order chi connectivity index (χ0) is 27.7. The minimum absolute atomic E-state index is 0.157. The molecule has 1 saturated heterocycles. The first kappa shape index (κ1) is 26.1. The highest BCUT2D eigenvalue weighted by Crippen LogP contribution is 2.31. The molecule has 204 valence electrons. The van der Waals surface area contributed by atoms with E-state index >= 15 is 0 Å². The summed E-state index contributed by atoms with van der Waals surface area (Å²) in [4.78, 5) is 23.7. The number of benzene rings is 1. The van der Waals surface area contributed by atoms with Gasteiger partial charge >= 0.3 is 0 Å². The number of anilines is 1. The van der Waals surface area contributed by atoms with E-state index in [0.717, 1.165) is 30.5 Å². The smallest absolute Gasteiger partial charge is 0.257 e. The molecule has 1 saturated carbocycles. The van der Waals surface area contributed by atoms with Gasteiger partial charge in [0.25, 0.3) is 5.91 Å². The van der Waals surface area contributed by atoms with E-state index < -0.39 is 10.0 Å². The van der Waals surface area contributed by atoms with Gasteiger partial charge in [0.1, 0.15) is 5.69 Å². The van der Waals surface area contributed by atoms with Crippen LogP contribution in [0, 0.1) is 18.8 Å². The van der Waals surface area contributed by atoms with Crippen LogP contribution < -0.4 is 5.32 Å². The van der Waals surface area contributed by atoms with E-state index in [1.165, 1.54) is 6.20 Å². The molecule has 4 aromatic rings. The van der Waals surface area contributed by atoms with E-state index in [1.54, 1.807) is 33.5 Å². The van der Waals surface area contributed by atoms with Gasteiger partial charge in [-0.25, -0.2) is 17.9 Å². The molecule has 3 aromatic heterocycles. The minimum atomic E-state index is -3.11. The third-order valence-electron chi connectivity index (χ3n) is 7.24. The summed E-state index contributed by atoms with van der Waals surface area (Å²) in [6.45, 7) is 5.27. The number of fused-ring (bicyclic) bond motifs is 1. The Balaban J connectivity index is 1.07. The number of aryl methyl sites for hydroxylation is 1. The Bertz CT molecular complexity index is 1740. The Morgan fingerprint density at radius 2 is 1.88 bits per heavy atom. The molecule has 0 spiro atoms. The van der Waals surface area contributed by atoms with E-state index in [0.29, 0.717) is 54.3 Å². The summed E-state index contributed by atoms with van der Waals surface area (Å²) in [7, 11) is -3.11. The largest absolute Gasteiger partial charge is 0.322 e. The van der Waals surface area contributed by atoms with Gasteiger partial charge < -0.3 is 5.32 Å². The van der Waals surface area contributed by atoms with E-state index in [1.807, 2.05) is 37.3 Å². The molecule has 11 heteroatoms. The topological polar surface area (TPSA) is 113 Å². The van der Waals surface area contributed by atoms with Crippen molar-refractivity contribution >= 4 is 27.3 Å². The van der Waals surface area contributed by atoms with Crippen LogP contribution in [-0.4, -0.2) is 74.5 Å². The predicted molar refractivity (Wildman–Crippen MR) is 151 cm³/mol. The number of carbonyl (C=O) groups is 1. The number of sulfonamides is 1. The maximum atomic E-state index is 13.0. The molecule has 10 nitrogen and oxygen atoms in total. The molecule has 1 aliphatic carbocycles. The van der Waals surface area contributed by atoms with Crippen molar-refractivity contribution in [3.63, 3.8) is 0 Å². The Labute approximate surface area is 233 Å². The van der Waals surface area contributed by atoms with Crippen LogP contribution in [0.15, 0.2) is 61.2 Å². The number of pyridine rings is 1. The monoisotopic (exact) mass is 555 g/mol. The second-order valence-electron chi connectivity index (χ2n) is 10.2. The van der Waals surface area contributed by atoms with Crippen LogP contribution in [0.25, 0.3) is 5.65 Å². The molecule has 0 bridgehead atoms. The van der Waals surface area contributed by atoms with Crippen molar-refractivity contribution in [1.82, 2.24) is 28.8 Å². The molecule has 40 heavy (non-hydrogen) atoms. The van der Waals surface area contributed by atoms with Crippen LogP contribution in [0.4, 0.5) is 5.69 Å². The number of hydrogen-bond donors (Lipinski definition) is 1. The van der Waals surface area contributed by atoms with E-state index in [4.69, 9.17) is 0 Å². The molecule has 1 amide bonds. The normalized spacial score (nSPS) is 16.4. The zero-order valence-corrected chi connectivity index (χ0v) is 22.9. The van der Waals surface area contributed by atoms with Gasteiger partial charge in [0, 0.05) is 62.6 Å². The molecule has 1 N–H and O–H groups in total. The Hall–Kier alpha value is -4.11. The van der Waals surface area contributed by atoms with Gasteiger partial charge in [0.05, 0.1) is 17.0 Å². The lowest BCUT2D eigenvalue weighted by molar-refractivity contribution is 0.102. The number of rotatable bonds is 6. The Kier molecular flexibility index (Phi) is 7.06. The average Bonchev–Trinajstić information content (AvgIpc) is 3.75. The summed E-state index contributed by atoms with van der Waals surface area (Å²) in [5.74, 6) is 5.81. The number of aromatic nitrogens is 4. The lowest BCUT2D eigenvalue weighted by Gasteiger charge is -2.34. The van der Waals surface area contributed by atoms with Crippen molar-refractivity contribution in [2.24, 2.45) is 0 Å². The predicted octanol–water partition coefficient (Wildman–Crippen LogP) is 2.69. The minimum Gasteiger partial charge on any atom is -0.322 e. The van der Waals surface area contributed by atoms with Gasteiger partial charge in [-0.15, -0.1) is 0 Å². The van der Waals surface area contributed by atoms with Crippen molar-refractivity contribution in [3.05, 3.63) is 89.1 Å². The van der Waals surface area contributed by atoms with E-state index in [9.17, 15) is 13.2 Å². The number of imidazole rings is 1. The van der Waals surface area contributed by atoms with Crippen molar-refractivity contribution in [3.8, 4) is 11.8 Å². The van der Waals surface area contributed by atoms with Crippen LogP contribution in [0.2, 0.25) is 0 Å². The highest BCUT2D eigenvalue weighted by molar-refractivity contribution is 7.90. The van der Waals surface area contributed by atoms with Crippen LogP contribution in [0.5, 0.6) is 0 Å². The highest BCUT2D eigenvalue weighted by Gasteiger charge is 2.40. The zero-order valence-electron chi connectivity index (χ0n) is 22.1. The third kappa shape index (κ3) is 5.60. The fourth-order valence-corrected chi connectivity index (χ4v) is 6.62. The SMILES string of the molecule is Cc1cc(NC(=O)c2cncc(C#Cc3cnc4cccnn34)c2)ccc1CN1CCN(S(=O)(=O)C2CC2)CC1. The van der Waals surface area contributed by atoms with Crippen LogP contribution in [0.1, 0.15) is 45.6 Å². The summed E-state index contributed by atoms with van der Waals surface area (Å²) in [5, 5.41) is 7.05. The number of nitrogens with zero attached hydrogens (tertiary/aromatic N) is 6. The lowest BCUT2D eigenvalue weighted by atomic mass is 10.1. The Morgan fingerprint density at radius 3 is 2.65 bits per heavy atom. The maximum absolute atomic E-state index is 13.0. The van der Waals surface area contributed by atoms with Crippen LogP contribution >= 0.6 is 0 Å². The number of amides is 1. The molecule has 0 atom stereocenters. The summed E-state index contributed by atoms with van der Waals surface area (Å²) in [6.07, 6.45) is 8.04. The summed E-state index contributed by atoms with van der Waals surface area (Å²) >= 11 is 0. The van der Waals surface area contributed by atoms with E-state index in [-0.39, 0.29) is 11.2 Å². The number of piperazine rings is 1. The molecule has 0 unspecified atom stereocenters.